The number of piperidine rings is 1. The van der Waals surface area contributed by atoms with Gasteiger partial charge in [0.25, 0.3) is 5.91 Å². The summed E-state index contributed by atoms with van der Waals surface area (Å²) in [5, 5.41) is 19.3. The van der Waals surface area contributed by atoms with Gasteiger partial charge in [0, 0.05) is 29.5 Å². The van der Waals surface area contributed by atoms with Gasteiger partial charge in [-0.1, -0.05) is 43.5 Å². The van der Waals surface area contributed by atoms with Crippen molar-refractivity contribution >= 4 is 35.3 Å². The maximum atomic E-state index is 15.3. The van der Waals surface area contributed by atoms with Crippen LogP contribution in [0, 0.1) is 24.6 Å². The van der Waals surface area contributed by atoms with E-state index in [-0.39, 0.29) is 34.9 Å². The number of benzene rings is 3. The minimum atomic E-state index is -0.619. The van der Waals surface area contributed by atoms with Crippen LogP contribution in [0.1, 0.15) is 78.9 Å². The molecule has 2 aliphatic carbocycles. The first-order valence-electron chi connectivity index (χ1n) is 15.6. The highest BCUT2D eigenvalue weighted by atomic mass is 19.1. The van der Waals surface area contributed by atoms with Gasteiger partial charge >= 0.3 is 0 Å². The molecule has 1 heterocycles. The van der Waals surface area contributed by atoms with E-state index in [9.17, 15) is 19.5 Å². The van der Waals surface area contributed by atoms with Gasteiger partial charge < -0.3 is 26.0 Å². The van der Waals surface area contributed by atoms with E-state index in [1.165, 1.54) is 31.0 Å². The summed E-state index contributed by atoms with van der Waals surface area (Å²) in [4.78, 5) is 41.2. The van der Waals surface area contributed by atoms with E-state index in [0.29, 0.717) is 30.1 Å². The van der Waals surface area contributed by atoms with Crippen LogP contribution in [0.25, 0.3) is 0 Å². The Bertz CT molecular complexity index is 1520. The molecule has 44 heavy (non-hydrogen) atoms. The van der Waals surface area contributed by atoms with Crippen molar-refractivity contribution in [3.05, 3.63) is 83.2 Å². The number of aryl methyl sites for hydroxylation is 1. The zero-order valence-corrected chi connectivity index (χ0v) is 24.9. The minimum Gasteiger partial charge on any atom is -0.506 e. The van der Waals surface area contributed by atoms with Crippen molar-refractivity contribution in [2.75, 3.05) is 16.0 Å². The molecule has 0 spiro atoms. The van der Waals surface area contributed by atoms with Gasteiger partial charge in [-0.15, -0.1) is 0 Å². The molecule has 0 bridgehead atoms. The summed E-state index contributed by atoms with van der Waals surface area (Å²) in [6.45, 7) is 1.74. The van der Waals surface area contributed by atoms with E-state index in [2.05, 4.69) is 16.0 Å². The first-order valence-corrected chi connectivity index (χ1v) is 15.6. The topological polar surface area (TPSA) is 111 Å². The number of phenols is 1. The molecule has 1 saturated heterocycles. The van der Waals surface area contributed by atoms with E-state index < -0.39 is 23.7 Å². The minimum absolute atomic E-state index is 0.0481. The van der Waals surface area contributed by atoms with Gasteiger partial charge in [-0.05, 0) is 86.4 Å². The maximum absolute atomic E-state index is 15.3. The predicted molar refractivity (Wildman–Crippen MR) is 168 cm³/mol. The maximum Gasteiger partial charge on any atom is 0.257 e. The lowest BCUT2D eigenvalue weighted by molar-refractivity contribution is -0.125. The van der Waals surface area contributed by atoms with Crippen molar-refractivity contribution in [2.45, 2.75) is 76.4 Å². The summed E-state index contributed by atoms with van der Waals surface area (Å²) in [5.74, 6) is -1.93. The Morgan fingerprint density at radius 1 is 0.955 bits per heavy atom. The first-order chi connectivity index (χ1) is 21.3. The molecule has 3 unspecified atom stereocenters. The Kier molecular flexibility index (Phi) is 8.55. The summed E-state index contributed by atoms with van der Waals surface area (Å²) in [5.41, 5.74) is 3.03. The number of fused-ring (bicyclic) bond motifs is 1. The summed E-state index contributed by atoms with van der Waals surface area (Å²) in [6.07, 6.45) is 8.39. The summed E-state index contributed by atoms with van der Waals surface area (Å²) < 4.78 is 15.3. The number of carbonyl (C=O) groups is 3. The van der Waals surface area contributed by atoms with Gasteiger partial charge in [-0.25, -0.2) is 4.39 Å². The van der Waals surface area contributed by atoms with Gasteiger partial charge in [-0.2, -0.15) is 0 Å². The Morgan fingerprint density at radius 3 is 2.41 bits per heavy atom. The summed E-state index contributed by atoms with van der Waals surface area (Å²) in [7, 11) is 0. The van der Waals surface area contributed by atoms with Crippen molar-refractivity contribution in [1.82, 2.24) is 4.90 Å². The molecule has 2 saturated carbocycles. The van der Waals surface area contributed by atoms with Crippen LogP contribution < -0.4 is 16.0 Å². The molecule has 3 fully saturated rings. The standard InChI is InChI=1S/C35H39FN4O4/c1-21-6-4-10-28(36)32(21)35(44)40-30-11-5-7-23(30)18-27(34(43)39-26-16-17-29(37-20-41)31(42)19-26)33(40)22-12-14-25(15-13-22)38-24-8-2-3-9-24/h4,6,10,12-17,19-20,23-24,27,30,33,38,42H,2-3,5,7-9,11,18H2,1H3,(H,37,41)(H,39,43)/t23?,27-,30?,33?/m0/s1. The number of hydrogen-bond acceptors (Lipinski definition) is 5. The number of anilines is 3. The van der Waals surface area contributed by atoms with Crippen LogP contribution in [-0.4, -0.2) is 40.3 Å². The number of likely N-dealkylation sites (tertiary alicyclic amines) is 1. The summed E-state index contributed by atoms with van der Waals surface area (Å²) in [6, 6.07) is 16.9. The molecule has 9 heteroatoms. The van der Waals surface area contributed by atoms with E-state index >= 15 is 4.39 Å². The number of aromatic hydroxyl groups is 1. The van der Waals surface area contributed by atoms with Crippen LogP contribution in [0.5, 0.6) is 5.75 Å². The van der Waals surface area contributed by atoms with Gasteiger partial charge in [0.05, 0.1) is 23.2 Å². The third-order valence-electron chi connectivity index (χ3n) is 9.68. The fourth-order valence-corrected chi connectivity index (χ4v) is 7.58. The molecule has 3 aromatic carbocycles. The molecular weight excluding hydrogens is 559 g/mol. The van der Waals surface area contributed by atoms with Crippen LogP contribution >= 0.6 is 0 Å². The molecule has 0 radical (unpaired) electrons. The Hall–Kier alpha value is -4.40. The SMILES string of the molecule is Cc1cccc(F)c1C(=O)N1C2CCCC2C[C@H](C(=O)Nc2ccc(NC=O)c(O)c2)C1c1ccc(NC2CCCC2)cc1. The third kappa shape index (κ3) is 5.87. The number of halogens is 1. The molecule has 0 aromatic heterocycles. The Morgan fingerprint density at radius 2 is 1.70 bits per heavy atom. The molecule has 4 atom stereocenters. The largest absolute Gasteiger partial charge is 0.506 e. The van der Waals surface area contributed by atoms with Crippen LogP contribution in [0.2, 0.25) is 0 Å². The quantitative estimate of drug-likeness (QED) is 0.169. The van der Waals surface area contributed by atoms with Crippen molar-refractivity contribution in [2.24, 2.45) is 11.8 Å². The number of phenolic OH excluding ortho intramolecular Hbond substituents is 1. The van der Waals surface area contributed by atoms with Crippen molar-refractivity contribution in [1.29, 1.82) is 0 Å². The molecule has 3 amide bonds. The molecule has 1 aliphatic heterocycles. The second kappa shape index (κ2) is 12.7. The molecule has 6 rings (SSSR count). The van der Waals surface area contributed by atoms with Crippen LogP contribution in [0.3, 0.4) is 0 Å². The first kappa shape index (κ1) is 29.7. The highest BCUT2D eigenvalue weighted by Gasteiger charge is 2.50. The second-order valence-corrected chi connectivity index (χ2v) is 12.4. The number of amides is 3. The molecule has 8 nitrogen and oxygen atoms in total. The number of nitrogens with one attached hydrogen (secondary N) is 3. The van der Waals surface area contributed by atoms with E-state index in [1.807, 2.05) is 24.3 Å². The van der Waals surface area contributed by atoms with Crippen LogP contribution in [0.4, 0.5) is 21.5 Å². The molecule has 3 aliphatic rings. The third-order valence-corrected chi connectivity index (χ3v) is 9.68. The monoisotopic (exact) mass is 598 g/mol. The Balaban J connectivity index is 1.38. The smallest absolute Gasteiger partial charge is 0.257 e. The molecule has 4 N–H and O–H groups in total. The van der Waals surface area contributed by atoms with Gasteiger partial charge in [-0.3, -0.25) is 14.4 Å². The second-order valence-electron chi connectivity index (χ2n) is 12.4. The molecule has 3 aromatic rings. The normalized spacial score (nSPS) is 23.2. The number of carbonyl (C=O) groups excluding carboxylic acids is 3. The van der Waals surface area contributed by atoms with Crippen molar-refractivity contribution in [3.8, 4) is 5.75 Å². The van der Waals surface area contributed by atoms with Gasteiger partial charge in [0.1, 0.15) is 11.6 Å². The van der Waals surface area contributed by atoms with Gasteiger partial charge in [0.2, 0.25) is 12.3 Å². The van der Waals surface area contributed by atoms with Crippen LogP contribution in [-0.2, 0) is 9.59 Å². The zero-order valence-electron chi connectivity index (χ0n) is 24.9. The highest BCUT2D eigenvalue weighted by molar-refractivity contribution is 5.98. The number of hydrogen-bond donors (Lipinski definition) is 4. The lowest BCUT2D eigenvalue weighted by atomic mass is 9.76. The predicted octanol–water partition coefficient (Wildman–Crippen LogP) is 6.77. The van der Waals surface area contributed by atoms with Crippen LogP contribution in [0.15, 0.2) is 60.7 Å². The average Bonchev–Trinajstić information content (AvgIpc) is 3.70. The highest BCUT2D eigenvalue weighted by Crippen LogP contribution is 2.49. The number of nitrogens with zero attached hydrogens (tertiary/aromatic N) is 1. The van der Waals surface area contributed by atoms with E-state index in [0.717, 1.165) is 43.4 Å². The lowest BCUT2D eigenvalue weighted by Gasteiger charge is -2.48. The fraction of sp³-hybridized carbons (Fsp3) is 0.400. The van der Waals surface area contributed by atoms with E-state index in [4.69, 9.17) is 0 Å². The molecule has 230 valence electrons. The lowest BCUT2D eigenvalue weighted by Crippen LogP contribution is -2.54. The van der Waals surface area contributed by atoms with E-state index in [1.54, 1.807) is 30.0 Å². The average molecular weight is 599 g/mol. The number of rotatable bonds is 8. The molecular formula is C35H39FN4O4. The van der Waals surface area contributed by atoms with Gasteiger partial charge in [0.15, 0.2) is 0 Å². The Labute approximate surface area is 257 Å². The zero-order chi connectivity index (χ0) is 30.8. The summed E-state index contributed by atoms with van der Waals surface area (Å²) >= 11 is 0. The van der Waals surface area contributed by atoms with Crippen molar-refractivity contribution in [3.63, 3.8) is 0 Å². The van der Waals surface area contributed by atoms with Crippen molar-refractivity contribution < 1.29 is 23.9 Å². The fourth-order valence-electron chi connectivity index (χ4n) is 7.58.